The van der Waals surface area contributed by atoms with Gasteiger partial charge in [-0.3, -0.25) is 9.59 Å². The van der Waals surface area contributed by atoms with E-state index in [2.05, 4.69) is 17.6 Å². The Bertz CT molecular complexity index is 1050. The third-order valence-electron chi connectivity index (χ3n) is 4.74. The molecule has 0 aliphatic carbocycles. The van der Waals surface area contributed by atoms with Crippen molar-refractivity contribution >= 4 is 28.5 Å². The van der Waals surface area contributed by atoms with Gasteiger partial charge in [0.15, 0.2) is 0 Å². The molecule has 0 spiro atoms. The fraction of sp³-hybridized carbons (Fsp3) is 0.560. The molecular formula is C25H37N3O5. The van der Waals surface area contributed by atoms with E-state index in [0.29, 0.717) is 41.1 Å². The number of carbonyl (C=O) groups is 2. The van der Waals surface area contributed by atoms with Crippen LogP contribution in [0.15, 0.2) is 23.0 Å². The SMILES string of the molecule is CCCCOc1c(CNC(=O)OC(C)(C)C)n(CC(C)C)c(=O)c2ccc(NC(C)=O)cc12. The second kappa shape index (κ2) is 11.2. The summed E-state index contributed by atoms with van der Waals surface area (Å²) in [6.45, 7) is 13.9. The van der Waals surface area contributed by atoms with Gasteiger partial charge >= 0.3 is 6.09 Å². The minimum atomic E-state index is -0.640. The molecule has 182 valence electrons. The van der Waals surface area contributed by atoms with Gasteiger partial charge in [-0.25, -0.2) is 4.79 Å². The number of alkyl carbamates (subject to hydrolysis) is 1. The van der Waals surface area contributed by atoms with Gasteiger partial charge in [0.1, 0.15) is 11.4 Å². The minimum Gasteiger partial charge on any atom is -0.491 e. The van der Waals surface area contributed by atoms with Crippen molar-refractivity contribution in [2.24, 2.45) is 5.92 Å². The smallest absolute Gasteiger partial charge is 0.407 e. The van der Waals surface area contributed by atoms with Crippen molar-refractivity contribution in [3.63, 3.8) is 0 Å². The molecule has 2 amide bonds. The predicted molar refractivity (Wildman–Crippen MR) is 131 cm³/mol. The number of carbonyl (C=O) groups excluding carboxylic acids is 2. The number of unbranched alkanes of at least 4 members (excludes halogenated alkanes) is 1. The molecular weight excluding hydrogens is 422 g/mol. The quantitative estimate of drug-likeness (QED) is 0.524. The van der Waals surface area contributed by atoms with Gasteiger partial charge in [0.05, 0.1) is 24.2 Å². The molecule has 1 aromatic carbocycles. The lowest BCUT2D eigenvalue weighted by Gasteiger charge is -2.23. The number of ether oxygens (including phenoxy) is 2. The second-order valence-corrected chi connectivity index (χ2v) is 9.58. The first kappa shape index (κ1) is 26.2. The van der Waals surface area contributed by atoms with E-state index in [-0.39, 0.29) is 23.9 Å². The predicted octanol–water partition coefficient (Wildman–Crippen LogP) is 4.82. The van der Waals surface area contributed by atoms with Crippen molar-refractivity contribution in [2.45, 2.75) is 80.0 Å². The number of nitrogens with zero attached hydrogens (tertiary/aromatic N) is 1. The summed E-state index contributed by atoms with van der Waals surface area (Å²) in [6.07, 6.45) is 1.22. The number of benzene rings is 1. The van der Waals surface area contributed by atoms with Crippen LogP contribution in [0.2, 0.25) is 0 Å². The van der Waals surface area contributed by atoms with Crippen molar-refractivity contribution in [3.05, 3.63) is 34.2 Å². The van der Waals surface area contributed by atoms with Crippen LogP contribution in [0.1, 0.15) is 67.0 Å². The van der Waals surface area contributed by atoms with E-state index in [9.17, 15) is 14.4 Å². The Morgan fingerprint density at radius 3 is 2.42 bits per heavy atom. The van der Waals surface area contributed by atoms with E-state index < -0.39 is 11.7 Å². The highest BCUT2D eigenvalue weighted by Crippen LogP contribution is 2.31. The van der Waals surface area contributed by atoms with Crippen LogP contribution in [0.25, 0.3) is 10.8 Å². The molecule has 0 fully saturated rings. The van der Waals surface area contributed by atoms with Crippen molar-refractivity contribution in [2.75, 3.05) is 11.9 Å². The molecule has 1 heterocycles. The number of amides is 2. The van der Waals surface area contributed by atoms with Gasteiger partial charge in [-0.1, -0.05) is 27.2 Å². The summed E-state index contributed by atoms with van der Waals surface area (Å²) in [7, 11) is 0. The number of rotatable bonds is 9. The van der Waals surface area contributed by atoms with E-state index in [1.807, 2.05) is 13.8 Å². The van der Waals surface area contributed by atoms with E-state index in [1.54, 1.807) is 43.5 Å². The molecule has 33 heavy (non-hydrogen) atoms. The van der Waals surface area contributed by atoms with E-state index >= 15 is 0 Å². The van der Waals surface area contributed by atoms with Crippen LogP contribution in [0, 0.1) is 5.92 Å². The Balaban J connectivity index is 2.66. The number of fused-ring (bicyclic) bond motifs is 1. The molecule has 0 atom stereocenters. The van der Waals surface area contributed by atoms with Crippen LogP contribution in [-0.2, 0) is 22.6 Å². The fourth-order valence-electron chi connectivity index (χ4n) is 3.43. The molecule has 0 unspecified atom stereocenters. The maximum absolute atomic E-state index is 13.5. The van der Waals surface area contributed by atoms with E-state index in [1.165, 1.54) is 6.92 Å². The van der Waals surface area contributed by atoms with Gasteiger partial charge in [0.2, 0.25) is 5.91 Å². The number of pyridine rings is 1. The van der Waals surface area contributed by atoms with Crippen molar-refractivity contribution in [3.8, 4) is 5.75 Å². The molecule has 8 heteroatoms. The van der Waals surface area contributed by atoms with Crippen LogP contribution in [0.3, 0.4) is 0 Å². The largest absolute Gasteiger partial charge is 0.491 e. The highest BCUT2D eigenvalue weighted by molar-refractivity contribution is 5.95. The normalized spacial score (nSPS) is 11.5. The lowest BCUT2D eigenvalue weighted by atomic mass is 10.1. The number of anilines is 1. The summed E-state index contributed by atoms with van der Waals surface area (Å²) in [6, 6.07) is 5.16. The Morgan fingerprint density at radius 2 is 1.85 bits per heavy atom. The summed E-state index contributed by atoms with van der Waals surface area (Å²) >= 11 is 0. The molecule has 8 nitrogen and oxygen atoms in total. The maximum Gasteiger partial charge on any atom is 0.407 e. The first-order valence-electron chi connectivity index (χ1n) is 11.5. The molecule has 0 saturated heterocycles. The molecule has 0 saturated carbocycles. The lowest BCUT2D eigenvalue weighted by molar-refractivity contribution is -0.114. The summed E-state index contributed by atoms with van der Waals surface area (Å²) in [5.41, 5.74) is 0.334. The topological polar surface area (TPSA) is 98.7 Å². The fourth-order valence-corrected chi connectivity index (χ4v) is 3.43. The van der Waals surface area contributed by atoms with Gasteiger partial charge in [-0.2, -0.15) is 0 Å². The zero-order chi connectivity index (χ0) is 24.8. The minimum absolute atomic E-state index is 0.0681. The lowest BCUT2D eigenvalue weighted by Crippen LogP contribution is -2.35. The van der Waals surface area contributed by atoms with Crippen LogP contribution in [0.4, 0.5) is 10.5 Å². The summed E-state index contributed by atoms with van der Waals surface area (Å²) in [5, 5.41) is 6.63. The third kappa shape index (κ3) is 7.51. The zero-order valence-electron chi connectivity index (χ0n) is 20.8. The Labute approximate surface area is 195 Å². The second-order valence-electron chi connectivity index (χ2n) is 9.58. The molecule has 0 radical (unpaired) electrons. The Morgan fingerprint density at radius 1 is 1.15 bits per heavy atom. The zero-order valence-corrected chi connectivity index (χ0v) is 20.8. The van der Waals surface area contributed by atoms with E-state index in [0.717, 1.165) is 12.8 Å². The van der Waals surface area contributed by atoms with Gasteiger partial charge in [-0.05, 0) is 51.3 Å². The van der Waals surface area contributed by atoms with Gasteiger partial charge in [0.25, 0.3) is 5.56 Å². The van der Waals surface area contributed by atoms with Crippen LogP contribution < -0.4 is 20.9 Å². The number of hydrogen-bond acceptors (Lipinski definition) is 5. The van der Waals surface area contributed by atoms with Crippen molar-refractivity contribution in [1.82, 2.24) is 9.88 Å². The summed E-state index contributed by atoms with van der Waals surface area (Å²) in [4.78, 5) is 37.4. The average molecular weight is 460 g/mol. The monoisotopic (exact) mass is 459 g/mol. The van der Waals surface area contributed by atoms with E-state index in [4.69, 9.17) is 9.47 Å². The third-order valence-corrected chi connectivity index (χ3v) is 4.74. The van der Waals surface area contributed by atoms with Crippen molar-refractivity contribution < 1.29 is 19.1 Å². The first-order chi connectivity index (χ1) is 15.4. The molecule has 1 aromatic heterocycles. The first-order valence-corrected chi connectivity index (χ1v) is 11.5. The number of hydrogen-bond donors (Lipinski definition) is 2. The molecule has 0 aliphatic heterocycles. The molecule has 0 bridgehead atoms. The maximum atomic E-state index is 13.5. The van der Waals surface area contributed by atoms with Gasteiger partial charge in [-0.15, -0.1) is 0 Å². The molecule has 2 aromatic rings. The number of aromatic nitrogens is 1. The highest BCUT2D eigenvalue weighted by atomic mass is 16.6. The number of nitrogens with one attached hydrogen (secondary N) is 2. The summed E-state index contributed by atoms with van der Waals surface area (Å²) in [5.74, 6) is 0.521. The summed E-state index contributed by atoms with van der Waals surface area (Å²) < 4.78 is 13.2. The molecule has 2 N–H and O–H groups in total. The standard InChI is InChI=1S/C25H37N3O5/c1-8-9-12-32-22-20-13-18(27-17(4)29)10-11-19(20)23(30)28(15-16(2)3)21(22)14-26-24(31)33-25(5,6)7/h10-11,13,16H,8-9,12,14-15H2,1-7H3,(H,26,31)(H,27,29). The van der Waals surface area contributed by atoms with Gasteiger partial charge in [0, 0.05) is 24.5 Å². The highest BCUT2D eigenvalue weighted by Gasteiger charge is 2.22. The average Bonchev–Trinajstić information content (AvgIpc) is 2.68. The molecule has 2 rings (SSSR count). The Hall–Kier alpha value is -3.03. The Kier molecular flexibility index (Phi) is 8.91. The van der Waals surface area contributed by atoms with Crippen LogP contribution in [0.5, 0.6) is 5.75 Å². The van der Waals surface area contributed by atoms with Crippen LogP contribution in [-0.4, -0.2) is 28.8 Å². The van der Waals surface area contributed by atoms with Gasteiger partial charge < -0.3 is 24.7 Å². The van der Waals surface area contributed by atoms with Crippen molar-refractivity contribution in [1.29, 1.82) is 0 Å². The molecule has 0 aliphatic rings. The van der Waals surface area contributed by atoms with Crippen LogP contribution >= 0.6 is 0 Å².